The van der Waals surface area contributed by atoms with E-state index in [0.29, 0.717) is 11.0 Å². The van der Waals surface area contributed by atoms with Crippen molar-refractivity contribution in [3.05, 3.63) is 45.1 Å². The number of rotatable bonds is 3. The second-order valence-corrected chi connectivity index (χ2v) is 5.48. The van der Waals surface area contributed by atoms with Crippen LogP contribution in [0.1, 0.15) is 24.6 Å². The molecule has 1 aromatic heterocycles. The molecule has 0 fully saturated rings. The first kappa shape index (κ1) is 13.5. The van der Waals surface area contributed by atoms with Gasteiger partial charge in [0.1, 0.15) is 5.15 Å². The zero-order chi connectivity index (χ0) is 13.1. The van der Waals surface area contributed by atoms with Crippen molar-refractivity contribution >= 4 is 27.5 Å². The SMILES string of the molecule is CCCc1cc(Cl)nc(-c2ccc(C)cc2Br)n1. The molecule has 2 aromatic rings. The molecule has 94 valence electrons. The lowest BCUT2D eigenvalue weighted by Crippen LogP contribution is -1.96. The molecule has 0 atom stereocenters. The van der Waals surface area contributed by atoms with Crippen LogP contribution in [0.15, 0.2) is 28.7 Å². The second-order valence-electron chi connectivity index (χ2n) is 4.24. The Hall–Kier alpha value is -0.930. The van der Waals surface area contributed by atoms with Gasteiger partial charge in [0, 0.05) is 15.7 Å². The van der Waals surface area contributed by atoms with Crippen molar-refractivity contribution in [2.24, 2.45) is 0 Å². The Morgan fingerprint density at radius 2 is 2.00 bits per heavy atom. The summed E-state index contributed by atoms with van der Waals surface area (Å²) in [5.74, 6) is 0.679. The van der Waals surface area contributed by atoms with E-state index in [4.69, 9.17) is 11.6 Å². The van der Waals surface area contributed by atoms with Crippen LogP contribution in [-0.4, -0.2) is 9.97 Å². The number of aromatic nitrogens is 2. The number of nitrogens with zero attached hydrogens (tertiary/aromatic N) is 2. The summed E-state index contributed by atoms with van der Waals surface area (Å²) in [6, 6.07) is 7.94. The molecule has 0 bridgehead atoms. The molecule has 0 N–H and O–H groups in total. The molecule has 0 aliphatic heterocycles. The van der Waals surface area contributed by atoms with E-state index in [-0.39, 0.29) is 0 Å². The van der Waals surface area contributed by atoms with Gasteiger partial charge in [-0.3, -0.25) is 0 Å². The molecule has 2 nitrogen and oxygen atoms in total. The van der Waals surface area contributed by atoms with Crippen LogP contribution in [0.25, 0.3) is 11.4 Å². The maximum Gasteiger partial charge on any atom is 0.162 e. The number of hydrogen-bond donors (Lipinski definition) is 0. The number of benzene rings is 1. The summed E-state index contributed by atoms with van der Waals surface area (Å²) in [5, 5.41) is 0.496. The molecule has 0 saturated heterocycles. The average Bonchev–Trinajstić information content (AvgIpc) is 2.28. The lowest BCUT2D eigenvalue weighted by molar-refractivity contribution is 0.875. The van der Waals surface area contributed by atoms with Crippen molar-refractivity contribution in [2.45, 2.75) is 26.7 Å². The van der Waals surface area contributed by atoms with Crippen molar-refractivity contribution in [1.29, 1.82) is 0 Å². The summed E-state index contributed by atoms with van der Waals surface area (Å²) in [4.78, 5) is 8.86. The summed E-state index contributed by atoms with van der Waals surface area (Å²) in [5.41, 5.74) is 3.15. The summed E-state index contributed by atoms with van der Waals surface area (Å²) >= 11 is 9.60. The van der Waals surface area contributed by atoms with Gasteiger partial charge < -0.3 is 0 Å². The Balaban J connectivity index is 2.49. The number of halogens is 2. The Labute approximate surface area is 121 Å². The summed E-state index contributed by atoms with van der Waals surface area (Å²) < 4.78 is 0.993. The van der Waals surface area contributed by atoms with Crippen molar-refractivity contribution in [3.8, 4) is 11.4 Å². The van der Waals surface area contributed by atoms with Crippen molar-refractivity contribution < 1.29 is 0 Å². The van der Waals surface area contributed by atoms with E-state index in [0.717, 1.165) is 28.6 Å². The molecule has 18 heavy (non-hydrogen) atoms. The van der Waals surface area contributed by atoms with Gasteiger partial charge in [0.2, 0.25) is 0 Å². The predicted octanol–water partition coefficient (Wildman–Crippen LogP) is 4.82. The van der Waals surface area contributed by atoms with Gasteiger partial charge >= 0.3 is 0 Å². The molecule has 4 heteroatoms. The van der Waals surface area contributed by atoms with E-state index in [2.05, 4.69) is 45.8 Å². The zero-order valence-electron chi connectivity index (χ0n) is 10.4. The highest BCUT2D eigenvalue weighted by Gasteiger charge is 2.09. The molecule has 0 spiro atoms. The molecule has 1 aromatic carbocycles. The minimum Gasteiger partial charge on any atom is -0.233 e. The topological polar surface area (TPSA) is 25.8 Å². The van der Waals surface area contributed by atoms with Gasteiger partial charge in [0.15, 0.2) is 5.82 Å². The maximum atomic E-state index is 6.05. The van der Waals surface area contributed by atoms with Gasteiger partial charge in [-0.05, 0) is 37.1 Å². The maximum absolute atomic E-state index is 6.05. The molecule has 0 saturated carbocycles. The molecule has 0 aliphatic carbocycles. The highest BCUT2D eigenvalue weighted by atomic mass is 79.9. The first-order valence-electron chi connectivity index (χ1n) is 5.90. The molecule has 2 rings (SSSR count). The molecular formula is C14H14BrClN2. The number of hydrogen-bond acceptors (Lipinski definition) is 2. The minimum absolute atomic E-state index is 0.496. The lowest BCUT2D eigenvalue weighted by atomic mass is 10.1. The predicted molar refractivity (Wildman–Crippen MR) is 78.9 cm³/mol. The van der Waals surface area contributed by atoms with Gasteiger partial charge in [-0.25, -0.2) is 9.97 Å². The molecule has 0 radical (unpaired) electrons. The van der Waals surface area contributed by atoms with Gasteiger partial charge in [-0.2, -0.15) is 0 Å². The van der Waals surface area contributed by atoms with Crippen LogP contribution in [0.4, 0.5) is 0 Å². The fraction of sp³-hybridized carbons (Fsp3) is 0.286. The fourth-order valence-electron chi connectivity index (χ4n) is 1.77. The third-order valence-electron chi connectivity index (χ3n) is 2.62. The van der Waals surface area contributed by atoms with Crippen molar-refractivity contribution in [2.75, 3.05) is 0 Å². The van der Waals surface area contributed by atoms with E-state index in [1.807, 2.05) is 18.2 Å². The standard InChI is InChI=1S/C14H14BrClN2/c1-3-4-10-8-13(16)18-14(17-10)11-6-5-9(2)7-12(11)15/h5-8H,3-4H2,1-2H3. The fourth-order valence-corrected chi connectivity index (χ4v) is 2.65. The summed E-state index contributed by atoms with van der Waals surface area (Å²) in [6.07, 6.45) is 1.96. The monoisotopic (exact) mass is 324 g/mol. The van der Waals surface area contributed by atoms with Crippen molar-refractivity contribution in [1.82, 2.24) is 9.97 Å². The van der Waals surface area contributed by atoms with Crippen LogP contribution in [0.3, 0.4) is 0 Å². The first-order valence-corrected chi connectivity index (χ1v) is 7.07. The molecule has 0 aliphatic rings. The Morgan fingerprint density at radius 1 is 1.22 bits per heavy atom. The highest BCUT2D eigenvalue weighted by Crippen LogP contribution is 2.27. The zero-order valence-corrected chi connectivity index (χ0v) is 12.7. The second kappa shape index (κ2) is 5.81. The Bertz CT molecular complexity index is 570. The van der Waals surface area contributed by atoms with E-state index < -0.39 is 0 Å². The van der Waals surface area contributed by atoms with Crippen LogP contribution in [-0.2, 0) is 6.42 Å². The average molecular weight is 326 g/mol. The third kappa shape index (κ3) is 3.09. The Kier molecular flexibility index (Phi) is 4.36. The first-order chi connectivity index (χ1) is 8.60. The van der Waals surface area contributed by atoms with E-state index in [1.54, 1.807) is 0 Å². The summed E-state index contributed by atoms with van der Waals surface area (Å²) in [7, 11) is 0. The summed E-state index contributed by atoms with van der Waals surface area (Å²) in [6.45, 7) is 4.17. The minimum atomic E-state index is 0.496. The van der Waals surface area contributed by atoms with Crippen LogP contribution in [0.2, 0.25) is 5.15 Å². The van der Waals surface area contributed by atoms with Crippen molar-refractivity contribution in [3.63, 3.8) is 0 Å². The van der Waals surface area contributed by atoms with E-state index in [9.17, 15) is 0 Å². The molecule has 0 unspecified atom stereocenters. The van der Waals surface area contributed by atoms with Crippen LogP contribution < -0.4 is 0 Å². The normalized spacial score (nSPS) is 10.7. The van der Waals surface area contributed by atoms with Crippen LogP contribution in [0.5, 0.6) is 0 Å². The van der Waals surface area contributed by atoms with Gasteiger partial charge in [0.05, 0.1) is 0 Å². The van der Waals surface area contributed by atoms with Crippen LogP contribution in [0, 0.1) is 6.92 Å². The van der Waals surface area contributed by atoms with E-state index in [1.165, 1.54) is 5.56 Å². The quantitative estimate of drug-likeness (QED) is 0.756. The number of aryl methyl sites for hydroxylation is 2. The van der Waals surface area contributed by atoms with E-state index >= 15 is 0 Å². The van der Waals surface area contributed by atoms with Gasteiger partial charge in [-0.15, -0.1) is 0 Å². The lowest BCUT2D eigenvalue weighted by Gasteiger charge is -2.07. The van der Waals surface area contributed by atoms with Gasteiger partial charge in [-0.1, -0.05) is 46.9 Å². The Morgan fingerprint density at radius 3 is 2.67 bits per heavy atom. The smallest absolute Gasteiger partial charge is 0.162 e. The highest BCUT2D eigenvalue weighted by molar-refractivity contribution is 9.10. The molecule has 0 amide bonds. The largest absolute Gasteiger partial charge is 0.233 e. The van der Waals surface area contributed by atoms with Crippen LogP contribution >= 0.6 is 27.5 Å². The molecule has 1 heterocycles. The third-order valence-corrected chi connectivity index (χ3v) is 3.47. The molecular weight excluding hydrogens is 312 g/mol. The van der Waals surface area contributed by atoms with Gasteiger partial charge in [0.25, 0.3) is 0 Å².